The van der Waals surface area contributed by atoms with E-state index in [4.69, 9.17) is 0 Å². The number of carbonyl (C=O) groups excluding carboxylic acids is 1. The Kier molecular flexibility index (Phi) is 2.15. The molecule has 1 aromatic heterocycles. The molecule has 50 valence electrons. The molecule has 10 heavy (non-hydrogen) atoms. The van der Waals surface area contributed by atoms with Crippen molar-refractivity contribution >= 4 is 26.8 Å². The number of hydrogen-bond acceptors (Lipinski definition) is 2. The molecule has 0 saturated carbocycles. The number of ether oxygens (including phenoxy) is 1. The minimum absolute atomic E-state index is 0.314. The van der Waals surface area contributed by atoms with Crippen molar-refractivity contribution in [3.8, 4) is 0 Å². The van der Waals surface area contributed by atoms with E-state index in [9.17, 15) is 4.79 Å². The van der Waals surface area contributed by atoms with Gasteiger partial charge in [-0.3, -0.25) is 0 Å². The van der Waals surface area contributed by atoms with E-state index in [1.165, 1.54) is 7.11 Å². The molecule has 0 saturated heterocycles. The van der Waals surface area contributed by atoms with Crippen molar-refractivity contribution in [1.29, 1.82) is 0 Å². The molecule has 1 rings (SSSR count). The van der Waals surface area contributed by atoms with Gasteiger partial charge in [0.05, 0.1) is 12.7 Å². The highest BCUT2D eigenvalue weighted by molar-refractivity contribution is 6.34. The van der Waals surface area contributed by atoms with Gasteiger partial charge in [0.1, 0.15) is 0 Å². The number of aromatic amines is 1. The Balaban J connectivity index is 2.93. The van der Waals surface area contributed by atoms with Crippen LogP contribution in [0.25, 0.3) is 0 Å². The molecule has 0 fully saturated rings. The fourth-order valence-electron chi connectivity index (χ4n) is 0.670. The van der Waals surface area contributed by atoms with E-state index in [0.717, 1.165) is 4.56 Å². The maximum absolute atomic E-state index is 10.8. The van der Waals surface area contributed by atoms with E-state index in [0.29, 0.717) is 5.56 Å². The lowest BCUT2D eigenvalue weighted by Crippen LogP contribution is -2.15. The molecule has 0 aliphatic rings. The van der Waals surface area contributed by atoms with Crippen molar-refractivity contribution in [2.24, 2.45) is 0 Å². The van der Waals surface area contributed by atoms with Gasteiger partial charge in [0.25, 0.3) is 0 Å². The van der Waals surface area contributed by atoms with E-state index < -0.39 is 0 Å². The van der Waals surface area contributed by atoms with Crippen LogP contribution in [0.1, 0.15) is 10.4 Å². The normalized spacial score (nSPS) is 9.30. The highest BCUT2D eigenvalue weighted by Gasteiger charge is 2.06. The molecule has 1 aromatic rings. The Morgan fingerprint density at radius 1 is 1.80 bits per heavy atom. The molecule has 0 aromatic carbocycles. The summed E-state index contributed by atoms with van der Waals surface area (Å²) in [6.45, 7) is 0. The van der Waals surface area contributed by atoms with Gasteiger partial charge >= 0.3 is 5.97 Å². The predicted molar refractivity (Wildman–Crippen MR) is 37.5 cm³/mol. The molecule has 0 aliphatic carbocycles. The van der Waals surface area contributed by atoms with Gasteiger partial charge in [0, 0.05) is 6.20 Å². The first-order chi connectivity index (χ1) is 4.75. The minimum Gasteiger partial charge on any atom is -0.465 e. The molecular weight excluding hydrogens is 145 g/mol. The van der Waals surface area contributed by atoms with Crippen LogP contribution < -0.4 is 4.56 Å². The van der Waals surface area contributed by atoms with E-state index >= 15 is 0 Å². The second-order valence-corrected chi connectivity index (χ2v) is 2.37. The summed E-state index contributed by atoms with van der Waals surface area (Å²) >= 11 is 2.41. The monoisotopic (exact) mass is 151 g/mol. The summed E-state index contributed by atoms with van der Waals surface area (Å²) < 4.78 is 5.26. The smallest absolute Gasteiger partial charge is 0.337 e. The molecule has 4 heteroatoms. The second-order valence-electron chi connectivity index (χ2n) is 1.80. The van der Waals surface area contributed by atoms with Crippen LogP contribution in [0.4, 0.5) is 0 Å². The van der Waals surface area contributed by atoms with E-state index in [1.807, 2.05) is 0 Å². The lowest BCUT2D eigenvalue weighted by molar-refractivity contribution is 0.0602. The fraction of sp³-hybridized carbons (Fsp3) is 0.167. The maximum atomic E-state index is 10.8. The molecular formula is C6H6AlNO2. The van der Waals surface area contributed by atoms with Gasteiger partial charge in [-0.05, 0) is 6.07 Å². The molecule has 0 amide bonds. The SMILES string of the molecule is COC(=O)c1cc[nH][c]1[Al]. The number of H-pyrrole nitrogens is 1. The molecule has 0 spiro atoms. The van der Waals surface area contributed by atoms with Gasteiger partial charge in [-0.1, -0.05) is 4.56 Å². The van der Waals surface area contributed by atoms with Crippen molar-refractivity contribution in [2.75, 3.05) is 7.11 Å². The molecule has 1 N–H and O–H groups in total. The van der Waals surface area contributed by atoms with Crippen LogP contribution in [-0.2, 0) is 4.74 Å². The Morgan fingerprint density at radius 2 is 2.50 bits per heavy atom. The predicted octanol–water partition coefficient (Wildman–Crippen LogP) is -0.405. The number of methoxy groups -OCH3 is 1. The van der Waals surface area contributed by atoms with E-state index in [2.05, 4.69) is 26.0 Å². The van der Waals surface area contributed by atoms with Gasteiger partial charge in [0.15, 0.2) is 0 Å². The molecule has 3 nitrogen and oxygen atoms in total. The highest BCUT2D eigenvalue weighted by atomic mass is 27.0. The third-order valence-corrected chi connectivity index (χ3v) is 1.66. The minimum atomic E-state index is -0.314. The van der Waals surface area contributed by atoms with Crippen molar-refractivity contribution in [2.45, 2.75) is 0 Å². The fourth-order valence-corrected chi connectivity index (χ4v) is 0.981. The summed E-state index contributed by atoms with van der Waals surface area (Å²) in [5, 5.41) is 0. The summed E-state index contributed by atoms with van der Waals surface area (Å²) in [4.78, 5) is 13.7. The quantitative estimate of drug-likeness (QED) is 0.438. The molecule has 0 atom stereocenters. The zero-order valence-corrected chi connectivity index (χ0v) is 6.70. The summed E-state index contributed by atoms with van der Waals surface area (Å²) in [5.74, 6) is -0.314. The van der Waals surface area contributed by atoms with Crippen LogP contribution in [0.5, 0.6) is 0 Å². The van der Waals surface area contributed by atoms with Crippen molar-refractivity contribution < 1.29 is 9.53 Å². The average Bonchev–Trinajstić information content (AvgIpc) is 2.34. The van der Waals surface area contributed by atoms with Crippen LogP contribution >= 0.6 is 0 Å². The van der Waals surface area contributed by atoms with Crippen LogP contribution in [0.2, 0.25) is 0 Å². The number of esters is 1. The summed E-state index contributed by atoms with van der Waals surface area (Å²) in [7, 11) is 1.36. The number of carbonyl (C=O) groups is 1. The lowest BCUT2D eigenvalue weighted by Gasteiger charge is -1.95. The first-order valence-electron chi connectivity index (χ1n) is 2.77. The molecule has 1 heterocycles. The largest absolute Gasteiger partial charge is 0.465 e. The maximum Gasteiger partial charge on any atom is 0.337 e. The Hall–Kier alpha value is -0.718. The molecule has 0 unspecified atom stereocenters. The van der Waals surface area contributed by atoms with Gasteiger partial charge in [-0.15, -0.1) is 0 Å². The van der Waals surface area contributed by atoms with Crippen LogP contribution in [0.3, 0.4) is 0 Å². The molecule has 0 bridgehead atoms. The number of rotatable bonds is 1. The lowest BCUT2D eigenvalue weighted by atomic mass is 10.3. The topological polar surface area (TPSA) is 42.1 Å². The first kappa shape index (κ1) is 7.39. The van der Waals surface area contributed by atoms with Crippen LogP contribution in [0, 0.1) is 0 Å². The Bertz CT molecular complexity index is 244. The van der Waals surface area contributed by atoms with Crippen LogP contribution in [0.15, 0.2) is 12.3 Å². The van der Waals surface area contributed by atoms with Crippen molar-refractivity contribution in [1.82, 2.24) is 4.98 Å². The summed E-state index contributed by atoms with van der Waals surface area (Å²) in [6.07, 6.45) is 1.69. The van der Waals surface area contributed by atoms with Crippen molar-refractivity contribution in [3.05, 3.63) is 17.8 Å². The van der Waals surface area contributed by atoms with Gasteiger partial charge in [0.2, 0.25) is 16.3 Å². The molecule has 0 aliphatic heterocycles. The average molecular weight is 151 g/mol. The Labute approximate surface area is 66.8 Å². The summed E-state index contributed by atoms with van der Waals surface area (Å²) in [6, 6.07) is 1.67. The number of nitrogens with one attached hydrogen (secondary N) is 1. The highest BCUT2D eigenvalue weighted by Crippen LogP contribution is 1.93. The van der Waals surface area contributed by atoms with Gasteiger partial charge < -0.3 is 9.72 Å². The van der Waals surface area contributed by atoms with Gasteiger partial charge in [-0.2, -0.15) is 0 Å². The third-order valence-electron chi connectivity index (χ3n) is 1.18. The molecule has 2 radical (unpaired) electrons. The first-order valence-corrected chi connectivity index (χ1v) is 3.34. The number of aromatic nitrogens is 1. The zero-order valence-electron chi connectivity index (χ0n) is 5.55. The van der Waals surface area contributed by atoms with Gasteiger partial charge in [-0.25, -0.2) is 4.79 Å². The zero-order chi connectivity index (χ0) is 7.56. The third kappa shape index (κ3) is 1.23. The second kappa shape index (κ2) is 2.91. The van der Waals surface area contributed by atoms with E-state index in [-0.39, 0.29) is 5.97 Å². The summed E-state index contributed by atoms with van der Waals surface area (Å²) in [5.41, 5.74) is 0.563. The number of hydrogen-bond donors (Lipinski definition) is 1. The van der Waals surface area contributed by atoms with E-state index in [1.54, 1.807) is 12.3 Å². The standard InChI is InChI=1S/C6H6NO2.Al/c1-9-6(8)5-2-3-7-4-5;/h2-3,7H,1H3;. The van der Waals surface area contributed by atoms with Crippen LogP contribution in [-0.4, -0.2) is 34.4 Å². The Morgan fingerprint density at radius 3 is 2.90 bits per heavy atom. The van der Waals surface area contributed by atoms with Crippen molar-refractivity contribution in [3.63, 3.8) is 0 Å².